The smallest absolute Gasteiger partial charge is 0.173 e. The molecule has 3 aromatic rings. The molecule has 0 saturated carbocycles. The largest absolute Gasteiger partial charge is 0.348 e. The van der Waals surface area contributed by atoms with Crippen molar-refractivity contribution in [3.05, 3.63) is 77.9 Å². The van der Waals surface area contributed by atoms with Crippen molar-refractivity contribution in [3.63, 3.8) is 0 Å². The van der Waals surface area contributed by atoms with Crippen LogP contribution in [0.15, 0.2) is 66.7 Å². The average molecular weight is 320 g/mol. The first-order valence-corrected chi connectivity index (χ1v) is 8.09. The normalized spacial score (nSPS) is 10.5. The van der Waals surface area contributed by atoms with Crippen LogP contribution in [0.1, 0.15) is 11.1 Å². The van der Waals surface area contributed by atoms with Gasteiger partial charge in [-0.3, -0.25) is 0 Å². The van der Waals surface area contributed by atoms with Crippen molar-refractivity contribution in [1.29, 1.82) is 0 Å². The lowest BCUT2D eigenvalue weighted by Crippen LogP contribution is -2.30. The highest BCUT2D eigenvalue weighted by Gasteiger charge is 2.06. The van der Waals surface area contributed by atoms with Gasteiger partial charge in [-0.15, -0.1) is 0 Å². The number of fused-ring (bicyclic) bond motifs is 1. The van der Waals surface area contributed by atoms with Crippen LogP contribution in [0.25, 0.3) is 10.8 Å². The lowest BCUT2D eigenvalue weighted by molar-refractivity contribution is 0.509. The molecular formula is C20H20N2S. The number of nitrogens with zero attached hydrogens (tertiary/aromatic N) is 1. The maximum absolute atomic E-state index is 5.50. The van der Waals surface area contributed by atoms with Gasteiger partial charge in [-0.25, -0.2) is 0 Å². The van der Waals surface area contributed by atoms with E-state index in [1.165, 1.54) is 21.9 Å². The van der Waals surface area contributed by atoms with Gasteiger partial charge in [0, 0.05) is 19.3 Å². The van der Waals surface area contributed by atoms with Crippen LogP contribution < -0.4 is 5.32 Å². The summed E-state index contributed by atoms with van der Waals surface area (Å²) in [5.41, 5.74) is 3.51. The quantitative estimate of drug-likeness (QED) is 0.685. The molecule has 0 aliphatic carbocycles. The first-order chi connectivity index (χ1) is 11.1. The van der Waals surface area contributed by atoms with Crippen LogP contribution in [0.4, 0.5) is 5.69 Å². The van der Waals surface area contributed by atoms with E-state index in [2.05, 4.69) is 71.7 Å². The zero-order valence-corrected chi connectivity index (χ0v) is 14.2. The van der Waals surface area contributed by atoms with E-state index in [0.29, 0.717) is 0 Å². The van der Waals surface area contributed by atoms with E-state index < -0.39 is 0 Å². The molecule has 23 heavy (non-hydrogen) atoms. The van der Waals surface area contributed by atoms with Gasteiger partial charge >= 0.3 is 0 Å². The third-order valence-corrected chi connectivity index (χ3v) is 4.30. The number of hydrogen-bond donors (Lipinski definition) is 1. The van der Waals surface area contributed by atoms with Crippen LogP contribution in [0.5, 0.6) is 0 Å². The molecule has 2 nitrogen and oxygen atoms in total. The van der Waals surface area contributed by atoms with Gasteiger partial charge in [-0.1, -0.05) is 54.1 Å². The molecular weight excluding hydrogens is 300 g/mol. The summed E-state index contributed by atoms with van der Waals surface area (Å²) in [6.07, 6.45) is 0. The summed E-state index contributed by atoms with van der Waals surface area (Å²) in [5.74, 6) is 0. The fourth-order valence-corrected chi connectivity index (χ4v) is 2.72. The van der Waals surface area contributed by atoms with Crippen LogP contribution >= 0.6 is 12.2 Å². The van der Waals surface area contributed by atoms with Gasteiger partial charge < -0.3 is 10.2 Å². The Kier molecular flexibility index (Phi) is 4.58. The number of hydrogen-bond acceptors (Lipinski definition) is 1. The molecule has 0 atom stereocenters. The maximum Gasteiger partial charge on any atom is 0.173 e. The van der Waals surface area contributed by atoms with Gasteiger partial charge in [-0.2, -0.15) is 0 Å². The fourth-order valence-electron chi connectivity index (χ4n) is 2.54. The third kappa shape index (κ3) is 3.88. The van der Waals surface area contributed by atoms with Gasteiger partial charge in [0.1, 0.15) is 0 Å². The van der Waals surface area contributed by atoms with Crippen molar-refractivity contribution in [1.82, 2.24) is 4.90 Å². The highest BCUT2D eigenvalue weighted by atomic mass is 32.1. The molecule has 3 rings (SSSR count). The summed E-state index contributed by atoms with van der Waals surface area (Å²) in [4.78, 5) is 2.05. The lowest BCUT2D eigenvalue weighted by atomic mass is 10.1. The third-order valence-electron chi connectivity index (χ3n) is 3.88. The minimum Gasteiger partial charge on any atom is -0.348 e. The summed E-state index contributed by atoms with van der Waals surface area (Å²) >= 11 is 5.50. The predicted molar refractivity (Wildman–Crippen MR) is 103 cm³/mol. The Morgan fingerprint density at radius 3 is 2.39 bits per heavy atom. The molecule has 1 N–H and O–H groups in total. The Morgan fingerprint density at radius 2 is 1.65 bits per heavy atom. The SMILES string of the molecule is Cc1ccc(NC(=S)N(C)Cc2ccc3ccccc3c2)cc1. The lowest BCUT2D eigenvalue weighted by Gasteiger charge is -2.21. The topological polar surface area (TPSA) is 15.3 Å². The van der Waals surface area contributed by atoms with Crippen LogP contribution in [-0.4, -0.2) is 17.1 Å². The molecule has 0 bridgehead atoms. The monoisotopic (exact) mass is 320 g/mol. The van der Waals surface area contributed by atoms with Crippen molar-refractivity contribution in [3.8, 4) is 0 Å². The number of rotatable bonds is 3. The van der Waals surface area contributed by atoms with Crippen molar-refractivity contribution >= 4 is 33.8 Å². The van der Waals surface area contributed by atoms with Crippen molar-refractivity contribution in [2.45, 2.75) is 13.5 Å². The van der Waals surface area contributed by atoms with E-state index >= 15 is 0 Å². The minimum atomic E-state index is 0.724. The molecule has 0 fully saturated rings. The fraction of sp³-hybridized carbons (Fsp3) is 0.150. The van der Waals surface area contributed by atoms with Gasteiger partial charge in [0.05, 0.1) is 0 Å². The first-order valence-electron chi connectivity index (χ1n) is 7.68. The molecule has 0 saturated heterocycles. The van der Waals surface area contributed by atoms with Gasteiger partial charge in [0.25, 0.3) is 0 Å². The molecule has 0 unspecified atom stereocenters. The van der Waals surface area contributed by atoms with Gasteiger partial charge in [0.15, 0.2) is 5.11 Å². The number of anilines is 1. The summed E-state index contributed by atoms with van der Waals surface area (Å²) in [5, 5.41) is 6.53. The van der Waals surface area contributed by atoms with Crippen LogP contribution in [0.2, 0.25) is 0 Å². The van der Waals surface area contributed by atoms with E-state index in [0.717, 1.165) is 17.3 Å². The van der Waals surface area contributed by atoms with Crippen LogP contribution in [0, 0.1) is 6.92 Å². The Bertz CT molecular complexity index is 824. The molecule has 0 radical (unpaired) electrons. The number of nitrogens with one attached hydrogen (secondary N) is 1. The standard InChI is InChI=1S/C20H20N2S/c1-15-7-11-19(12-8-15)21-20(23)22(2)14-16-9-10-17-5-3-4-6-18(17)13-16/h3-13H,14H2,1-2H3,(H,21,23). The number of benzene rings is 3. The van der Waals surface area contributed by atoms with Crippen molar-refractivity contribution in [2.24, 2.45) is 0 Å². The second-order valence-electron chi connectivity index (χ2n) is 5.83. The number of thiocarbonyl (C=S) groups is 1. The molecule has 0 heterocycles. The maximum atomic E-state index is 5.50. The highest BCUT2D eigenvalue weighted by Crippen LogP contribution is 2.17. The highest BCUT2D eigenvalue weighted by molar-refractivity contribution is 7.80. The molecule has 0 aliphatic heterocycles. The van der Waals surface area contributed by atoms with E-state index in [-0.39, 0.29) is 0 Å². The van der Waals surface area contributed by atoms with E-state index in [4.69, 9.17) is 12.2 Å². The summed E-state index contributed by atoms with van der Waals surface area (Å²) in [7, 11) is 2.01. The molecule has 0 aromatic heterocycles. The average Bonchev–Trinajstić information content (AvgIpc) is 2.56. The molecule has 0 spiro atoms. The van der Waals surface area contributed by atoms with Crippen LogP contribution in [0.3, 0.4) is 0 Å². The second-order valence-corrected chi connectivity index (χ2v) is 6.22. The Hall–Kier alpha value is -2.39. The van der Waals surface area contributed by atoms with Crippen LogP contribution in [-0.2, 0) is 6.54 Å². The van der Waals surface area contributed by atoms with Crippen molar-refractivity contribution < 1.29 is 0 Å². The molecule has 116 valence electrons. The zero-order chi connectivity index (χ0) is 16.2. The zero-order valence-electron chi connectivity index (χ0n) is 13.4. The summed E-state index contributed by atoms with van der Waals surface area (Å²) in [6.45, 7) is 2.86. The predicted octanol–water partition coefficient (Wildman–Crippen LogP) is 4.98. The Balaban J connectivity index is 1.68. The molecule has 0 aliphatic rings. The minimum absolute atomic E-state index is 0.724. The first kappa shape index (κ1) is 15.5. The summed E-state index contributed by atoms with van der Waals surface area (Å²) in [6, 6.07) is 23.2. The molecule has 3 heteroatoms. The molecule has 3 aromatic carbocycles. The Morgan fingerprint density at radius 1 is 0.957 bits per heavy atom. The van der Waals surface area contributed by atoms with E-state index in [1.54, 1.807) is 0 Å². The van der Waals surface area contributed by atoms with Gasteiger partial charge in [-0.05, 0) is 53.7 Å². The second kappa shape index (κ2) is 6.80. The molecule has 0 amide bonds. The number of aryl methyl sites for hydroxylation is 1. The van der Waals surface area contributed by atoms with E-state index in [1.807, 2.05) is 19.2 Å². The Labute approximate surface area is 142 Å². The van der Waals surface area contributed by atoms with E-state index in [9.17, 15) is 0 Å². The summed E-state index contributed by atoms with van der Waals surface area (Å²) < 4.78 is 0. The van der Waals surface area contributed by atoms with Crippen molar-refractivity contribution in [2.75, 3.05) is 12.4 Å². The van der Waals surface area contributed by atoms with Gasteiger partial charge in [0.2, 0.25) is 0 Å².